The summed E-state index contributed by atoms with van der Waals surface area (Å²) >= 11 is 9.61. The Bertz CT molecular complexity index is 847. The van der Waals surface area contributed by atoms with Crippen molar-refractivity contribution < 1.29 is 4.39 Å². The maximum atomic E-state index is 14.3. The third-order valence-corrected chi connectivity index (χ3v) is 4.74. The highest BCUT2D eigenvalue weighted by Gasteiger charge is 2.13. The van der Waals surface area contributed by atoms with Crippen LogP contribution in [0.5, 0.6) is 0 Å². The highest BCUT2D eigenvalue weighted by Crippen LogP contribution is 2.30. The van der Waals surface area contributed by atoms with Crippen LogP contribution in [0.15, 0.2) is 40.3 Å². The Morgan fingerprint density at radius 3 is 2.90 bits per heavy atom. The fourth-order valence-corrected chi connectivity index (χ4v) is 3.50. The van der Waals surface area contributed by atoms with Crippen molar-refractivity contribution in [1.29, 1.82) is 0 Å². The molecular formula is C14H9BrFN3S2. The van der Waals surface area contributed by atoms with E-state index < -0.39 is 5.82 Å². The zero-order valence-corrected chi connectivity index (χ0v) is 13.8. The molecule has 0 aliphatic heterocycles. The molecule has 1 heterocycles. The first-order valence-electron chi connectivity index (χ1n) is 5.94. The Morgan fingerprint density at radius 1 is 1.33 bits per heavy atom. The Labute approximate surface area is 138 Å². The van der Waals surface area contributed by atoms with Gasteiger partial charge in [0, 0.05) is 11.3 Å². The van der Waals surface area contributed by atoms with Crippen molar-refractivity contribution in [2.75, 3.05) is 5.32 Å². The molecule has 0 fully saturated rings. The van der Waals surface area contributed by atoms with Crippen molar-refractivity contribution in [1.82, 2.24) is 4.98 Å². The van der Waals surface area contributed by atoms with E-state index in [-0.39, 0.29) is 9.46 Å². The molecule has 0 atom stereocenters. The third kappa shape index (κ3) is 2.76. The van der Waals surface area contributed by atoms with Gasteiger partial charge in [-0.15, -0.1) is 11.3 Å². The monoisotopic (exact) mass is 381 g/mol. The van der Waals surface area contributed by atoms with Crippen LogP contribution in [0, 0.1) is 5.82 Å². The van der Waals surface area contributed by atoms with E-state index in [1.165, 1.54) is 11.3 Å². The summed E-state index contributed by atoms with van der Waals surface area (Å²) in [7, 11) is 0. The summed E-state index contributed by atoms with van der Waals surface area (Å²) in [5.41, 5.74) is 9.88. The highest BCUT2D eigenvalue weighted by molar-refractivity contribution is 9.10. The van der Waals surface area contributed by atoms with Gasteiger partial charge in [-0.05, 0) is 46.3 Å². The van der Waals surface area contributed by atoms with Gasteiger partial charge in [-0.1, -0.05) is 12.2 Å². The summed E-state index contributed by atoms with van der Waals surface area (Å²) in [6.07, 6.45) is 0. The normalized spacial score (nSPS) is 10.8. The van der Waals surface area contributed by atoms with Crippen LogP contribution in [0.4, 0.5) is 15.8 Å². The van der Waals surface area contributed by atoms with Crippen LogP contribution < -0.4 is 11.1 Å². The summed E-state index contributed by atoms with van der Waals surface area (Å²) in [5, 5.41) is 3.05. The van der Waals surface area contributed by atoms with Crippen LogP contribution in [0.2, 0.25) is 0 Å². The van der Waals surface area contributed by atoms with Crippen LogP contribution in [0.25, 0.3) is 10.2 Å². The molecule has 0 saturated carbocycles. The van der Waals surface area contributed by atoms with Gasteiger partial charge < -0.3 is 11.1 Å². The molecule has 0 spiro atoms. The molecule has 3 aromatic rings. The number of thiazole rings is 1. The summed E-state index contributed by atoms with van der Waals surface area (Å²) in [6, 6.07) is 8.98. The van der Waals surface area contributed by atoms with Crippen LogP contribution in [-0.2, 0) is 0 Å². The lowest BCUT2D eigenvalue weighted by Gasteiger charge is -2.11. The molecule has 0 radical (unpaired) electrons. The minimum Gasteiger partial charge on any atom is -0.389 e. The van der Waals surface area contributed by atoms with Gasteiger partial charge in [-0.25, -0.2) is 9.37 Å². The highest BCUT2D eigenvalue weighted by atomic mass is 79.9. The number of hydrogen-bond acceptors (Lipinski definition) is 4. The summed E-state index contributed by atoms with van der Waals surface area (Å²) in [6.45, 7) is 0. The Hall–Kier alpha value is -1.57. The summed E-state index contributed by atoms with van der Waals surface area (Å²) < 4.78 is 15.6. The second kappa shape index (κ2) is 5.67. The molecule has 0 aliphatic rings. The molecule has 106 valence electrons. The minimum absolute atomic E-state index is 0.151. The molecule has 7 heteroatoms. The van der Waals surface area contributed by atoms with E-state index in [0.717, 1.165) is 15.9 Å². The van der Waals surface area contributed by atoms with Crippen LogP contribution >= 0.6 is 39.5 Å². The number of halogens is 2. The number of nitrogens with zero attached hydrogens (tertiary/aromatic N) is 1. The lowest BCUT2D eigenvalue weighted by Crippen LogP contribution is -2.11. The average Bonchev–Trinajstić information content (AvgIpc) is 2.91. The first-order valence-corrected chi connectivity index (χ1v) is 8.02. The molecule has 2 aromatic carbocycles. The first-order chi connectivity index (χ1) is 10.1. The van der Waals surface area contributed by atoms with Crippen molar-refractivity contribution in [2.45, 2.75) is 0 Å². The number of nitrogens with two attached hydrogens (primary N) is 1. The molecule has 0 saturated heterocycles. The molecule has 1 aromatic heterocycles. The molecular weight excluding hydrogens is 373 g/mol. The van der Waals surface area contributed by atoms with Crippen molar-refractivity contribution in [3.05, 3.63) is 51.7 Å². The van der Waals surface area contributed by atoms with Gasteiger partial charge in [0.05, 0.1) is 25.9 Å². The van der Waals surface area contributed by atoms with Crippen molar-refractivity contribution >= 4 is 66.1 Å². The quantitative estimate of drug-likeness (QED) is 0.652. The molecule has 3 nitrogen and oxygen atoms in total. The van der Waals surface area contributed by atoms with Gasteiger partial charge in [0.1, 0.15) is 4.99 Å². The standard InChI is InChI=1S/C14H9BrFN3S2/c15-12-8(14(17)20)2-4-10(13(12)16)19-7-1-3-9-11(5-7)21-6-18-9/h1-6,19H,(H2,17,20). The fourth-order valence-electron chi connectivity index (χ4n) is 1.92. The van der Waals surface area contributed by atoms with E-state index in [1.54, 1.807) is 17.6 Å². The van der Waals surface area contributed by atoms with Crippen molar-refractivity contribution in [3.8, 4) is 0 Å². The van der Waals surface area contributed by atoms with E-state index >= 15 is 0 Å². The van der Waals surface area contributed by atoms with E-state index in [2.05, 4.69) is 26.2 Å². The van der Waals surface area contributed by atoms with E-state index in [0.29, 0.717) is 11.3 Å². The Balaban J connectivity index is 1.97. The largest absolute Gasteiger partial charge is 0.389 e. The van der Waals surface area contributed by atoms with Crippen molar-refractivity contribution in [3.63, 3.8) is 0 Å². The molecule has 3 N–H and O–H groups in total. The van der Waals surface area contributed by atoms with E-state index in [4.69, 9.17) is 18.0 Å². The zero-order chi connectivity index (χ0) is 15.0. The molecule has 0 amide bonds. The number of thiocarbonyl (C=S) groups is 1. The predicted molar refractivity (Wildman–Crippen MR) is 92.9 cm³/mol. The minimum atomic E-state index is -0.426. The summed E-state index contributed by atoms with van der Waals surface area (Å²) in [4.78, 5) is 4.36. The lowest BCUT2D eigenvalue weighted by atomic mass is 10.2. The van der Waals surface area contributed by atoms with Gasteiger partial charge in [0.2, 0.25) is 0 Å². The number of fused-ring (bicyclic) bond motifs is 1. The number of nitrogens with one attached hydrogen (secondary N) is 1. The second-order valence-corrected chi connectivity index (χ2v) is 6.43. The fraction of sp³-hybridized carbons (Fsp3) is 0. The SMILES string of the molecule is NC(=S)c1ccc(Nc2ccc3ncsc3c2)c(F)c1Br. The molecule has 0 aliphatic carbocycles. The number of hydrogen-bond donors (Lipinski definition) is 2. The maximum Gasteiger partial charge on any atom is 0.161 e. The van der Waals surface area contributed by atoms with Gasteiger partial charge in [0.15, 0.2) is 5.82 Å². The van der Waals surface area contributed by atoms with E-state index in [1.807, 2.05) is 18.2 Å². The smallest absolute Gasteiger partial charge is 0.161 e. The Morgan fingerprint density at radius 2 is 2.14 bits per heavy atom. The van der Waals surface area contributed by atoms with Crippen LogP contribution in [-0.4, -0.2) is 9.97 Å². The number of anilines is 2. The topological polar surface area (TPSA) is 50.9 Å². The second-order valence-electron chi connectivity index (χ2n) is 4.31. The van der Waals surface area contributed by atoms with Crippen molar-refractivity contribution in [2.24, 2.45) is 5.73 Å². The van der Waals surface area contributed by atoms with Gasteiger partial charge in [0.25, 0.3) is 0 Å². The number of aromatic nitrogens is 1. The maximum absolute atomic E-state index is 14.3. The average molecular weight is 382 g/mol. The molecule has 21 heavy (non-hydrogen) atoms. The molecule has 0 bridgehead atoms. The molecule has 3 rings (SSSR count). The van der Waals surface area contributed by atoms with Gasteiger partial charge in [-0.2, -0.15) is 0 Å². The van der Waals surface area contributed by atoms with Gasteiger partial charge >= 0.3 is 0 Å². The first kappa shape index (κ1) is 14.4. The van der Waals surface area contributed by atoms with Crippen LogP contribution in [0.1, 0.15) is 5.56 Å². The zero-order valence-electron chi connectivity index (χ0n) is 10.6. The Kier molecular flexibility index (Phi) is 3.88. The third-order valence-electron chi connectivity index (χ3n) is 2.96. The number of rotatable bonds is 3. The number of benzene rings is 2. The van der Waals surface area contributed by atoms with E-state index in [9.17, 15) is 4.39 Å². The predicted octanol–water partition coefficient (Wildman–Crippen LogP) is 4.58. The summed E-state index contributed by atoms with van der Waals surface area (Å²) in [5.74, 6) is -0.426. The molecule has 0 unspecified atom stereocenters. The lowest BCUT2D eigenvalue weighted by molar-refractivity contribution is 0.625. The van der Waals surface area contributed by atoms with Gasteiger partial charge in [-0.3, -0.25) is 0 Å². The van der Waals surface area contributed by atoms with Crippen LogP contribution in [0.3, 0.4) is 0 Å².